The summed E-state index contributed by atoms with van der Waals surface area (Å²) in [5.74, 6) is 0.186. The first-order valence-electron chi connectivity index (χ1n) is 11.0. The molecule has 1 aromatic carbocycles. The summed E-state index contributed by atoms with van der Waals surface area (Å²) < 4.78 is 29.3. The van der Waals surface area contributed by atoms with Crippen LogP contribution in [0.3, 0.4) is 0 Å². The van der Waals surface area contributed by atoms with Gasteiger partial charge in [-0.2, -0.15) is 4.31 Å². The third kappa shape index (κ3) is 4.78. The SMILES string of the molecule is O=C(CCc1ccc(S(=O)(=O)N2CCCCC2)cc1)N1CCC(n2cccc2)CC1. The Kier molecular flexibility index (Phi) is 6.58. The van der Waals surface area contributed by atoms with Gasteiger partial charge in [0.2, 0.25) is 15.9 Å². The zero-order chi connectivity index (χ0) is 21.0. The van der Waals surface area contributed by atoms with Gasteiger partial charge in [-0.25, -0.2) is 8.42 Å². The molecule has 0 saturated carbocycles. The van der Waals surface area contributed by atoms with Crippen molar-refractivity contribution in [2.24, 2.45) is 0 Å². The van der Waals surface area contributed by atoms with Crippen LogP contribution in [0.4, 0.5) is 0 Å². The molecule has 0 aliphatic carbocycles. The number of hydrogen-bond donors (Lipinski definition) is 0. The van der Waals surface area contributed by atoms with Crippen molar-refractivity contribution in [3.05, 3.63) is 54.4 Å². The predicted octanol–water partition coefficient (Wildman–Crippen LogP) is 3.46. The van der Waals surface area contributed by atoms with Crippen LogP contribution in [0.15, 0.2) is 53.7 Å². The highest BCUT2D eigenvalue weighted by Crippen LogP contribution is 2.24. The summed E-state index contributed by atoms with van der Waals surface area (Å²) in [4.78, 5) is 14.9. The van der Waals surface area contributed by atoms with Crippen LogP contribution in [-0.4, -0.2) is 54.3 Å². The average molecular weight is 430 g/mol. The standard InChI is InChI=1S/C23H31N3O3S/c27-23(25-18-12-21(13-19-25)24-14-4-5-15-24)11-8-20-6-9-22(10-7-20)30(28,29)26-16-2-1-3-17-26/h4-7,9-10,14-15,21H,1-3,8,11-13,16-19H2. The van der Waals surface area contributed by atoms with E-state index in [1.54, 1.807) is 16.4 Å². The highest BCUT2D eigenvalue weighted by atomic mass is 32.2. The van der Waals surface area contributed by atoms with Gasteiger partial charge in [0.1, 0.15) is 0 Å². The number of aryl methyl sites for hydroxylation is 1. The number of rotatable bonds is 6. The molecule has 7 heteroatoms. The monoisotopic (exact) mass is 429 g/mol. The van der Waals surface area contributed by atoms with Crippen LogP contribution in [0.2, 0.25) is 0 Å². The van der Waals surface area contributed by atoms with E-state index >= 15 is 0 Å². The van der Waals surface area contributed by atoms with Crippen molar-refractivity contribution in [2.45, 2.75) is 55.9 Å². The van der Waals surface area contributed by atoms with Crippen LogP contribution in [0.1, 0.15) is 50.1 Å². The molecule has 0 N–H and O–H groups in total. The summed E-state index contributed by atoms with van der Waals surface area (Å²) in [5, 5.41) is 0. The Balaban J connectivity index is 1.27. The molecule has 2 fully saturated rings. The van der Waals surface area contributed by atoms with Gasteiger partial charge in [-0.1, -0.05) is 18.6 Å². The Bertz CT molecular complexity index is 925. The molecule has 2 aromatic rings. The van der Waals surface area contributed by atoms with Crippen LogP contribution in [0.5, 0.6) is 0 Å². The van der Waals surface area contributed by atoms with Gasteiger partial charge in [0.25, 0.3) is 0 Å². The molecule has 0 radical (unpaired) electrons. The van der Waals surface area contributed by atoms with Crippen LogP contribution in [0, 0.1) is 0 Å². The van der Waals surface area contributed by atoms with E-state index in [9.17, 15) is 13.2 Å². The number of hydrogen-bond acceptors (Lipinski definition) is 3. The highest BCUT2D eigenvalue weighted by molar-refractivity contribution is 7.89. The lowest BCUT2D eigenvalue weighted by Gasteiger charge is -2.33. The second-order valence-electron chi connectivity index (χ2n) is 8.35. The van der Waals surface area contributed by atoms with Gasteiger partial charge in [-0.15, -0.1) is 0 Å². The molecule has 1 aromatic heterocycles. The van der Waals surface area contributed by atoms with Gasteiger partial charge in [-0.05, 0) is 61.9 Å². The van der Waals surface area contributed by atoms with Crippen molar-refractivity contribution in [3.8, 4) is 0 Å². The van der Waals surface area contributed by atoms with Gasteiger partial charge < -0.3 is 9.47 Å². The van der Waals surface area contributed by atoms with Gasteiger partial charge in [0.05, 0.1) is 4.90 Å². The van der Waals surface area contributed by atoms with Crippen LogP contribution in [-0.2, 0) is 21.2 Å². The van der Waals surface area contributed by atoms with E-state index in [1.807, 2.05) is 29.2 Å². The smallest absolute Gasteiger partial charge is 0.243 e. The fourth-order valence-electron chi connectivity index (χ4n) is 4.50. The molecule has 6 nitrogen and oxygen atoms in total. The number of aromatic nitrogens is 1. The molecular weight excluding hydrogens is 398 g/mol. The topological polar surface area (TPSA) is 62.6 Å². The molecule has 2 aliphatic rings. The average Bonchev–Trinajstić information content (AvgIpc) is 3.33. The summed E-state index contributed by atoms with van der Waals surface area (Å²) in [6.07, 6.45) is 10.2. The molecule has 1 amide bonds. The fourth-order valence-corrected chi connectivity index (χ4v) is 6.01. The maximum absolute atomic E-state index is 12.7. The number of nitrogens with zero attached hydrogens (tertiary/aromatic N) is 3. The molecule has 4 rings (SSSR count). The molecule has 2 aliphatic heterocycles. The number of likely N-dealkylation sites (tertiary alicyclic amines) is 1. The van der Waals surface area contributed by atoms with E-state index in [0.29, 0.717) is 36.9 Å². The Labute approximate surface area is 179 Å². The van der Waals surface area contributed by atoms with Gasteiger partial charge in [0, 0.05) is 51.0 Å². The second-order valence-corrected chi connectivity index (χ2v) is 10.3. The lowest BCUT2D eigenvalue weighted by atomic mass is 10.0. The zero-order valence-electron chi connectivity index (χ0n) is 17.4. The quantitative estimate of drug-likeness (QED) is 0.706. The molecule has 0 unspecified atom stereocenters. The summed E-state index contributed by atoms with van der Waals surface area (Å²) in [6, 6.07) is 11.6. The van der Waals surface area contributed by atoms with Crippen molar-refractivity contribution in [2.75, 3.05) is 26.2 Å². The number of carbonyl (C=O) groups excluding carboxylic acids is 1. The Hall–Kier alpha value is -2.12. The lowest BCUT2D eigenvalue weighted by Crippen LogP contribution is -2.39. The maximum Gasteiger partial charge on any atom is 0.243 e. The maximum atomic E-state index is 12.7. The Morgan fingerprint density at radius 3 is 2.17 bits per heavy atom. The first-order valence-corrected chi connectivity index (χ1v) is 12.5. The Morgan fingerprint density at radius 1 is 0.900 bits per heavy atom. The number of benzene rings is 1. The summed E-state index contributed by atoms with van der Waals surface area (Å²) >= 11 is 0. The molecule has 2 saturated heterocycles. The second kappa shape index (κ2) is 9.35. The summed E-state index contributed by atoms with van der Waals surface area (Å²) in [5.41, 5.74) is 1.00. The molecule has 162 valence electrons. The molecular formula is C23H31N3O3S. The molecule has 0 bridgehead atoms. The van der Waals surface area contributed by atoms with Crippen LogP contribution in [0.25, 0.3) is 0 Å². The predicted molar refractivity (Wildman–Crippen MR) is 117 cm³/mol. The largest absolute Gasteiger partial charge is 0.351 e. The molecule has 0 atom stereocenters. The summed E-state index contributed by atoms with van der Waals surface area (Å²) in [6.45, 7) is 2.82. The minimum atomic E-state index is -3.39. The van der Waals surface area contributed by atoms with E-state index in [4.69, 9.17) is 0 Å². The van der Waals surface area contributed by atoms with Crippen molar-refractivity contribution in [1.29, 1.82) is 0 Å². The van der Waals surface area contributed by atoms with Gasteiger partial charge in [0.15, 0.2) is 0 Å². The lowest BCUT2D eigenvalue weighted by molar-refractivity contribution is -0.132. The van der Waals surface area contributed by atoms with E-state index in [1.165, 1.54) is 0 Å². The normalized spacial score (nSPS) is 19.1. The van der Waals surface area contributed by atoms with Gasteiger partial charge in [-0.3, -0.25) is 4.79 Å². The van der Waals surface area contributed by atoms with E-state index in [2.05, 4.69) is 17.0 Å². The minimum Gasteiger partial charge on any atom is -0.351 e. The first kappa shape index (κ1) is 21.1. The zero-order valence-corrected chi connectivity index (χ0v) is 18.3. The van der Waals surface area contributed by atoms with E-state index < -0.39 is 10.0 Å². The molecule has 0 spiro atoms. The third-order valence-electron chi connectivity index (χ3n) is 6.37. The number of amides is 1. The third-order valence-corrected chi connectivity index (χ3v) is 8.28. The fraction of sp³-hybridized carbons (Fsp3) is 0.522. The first-order chi connectivity index (χ1) is 14.5. The van der Waals surface area contributed by atoms with Crippen molar-refractivity contribution in [3.63, 3.8) is 0 Å². The number of piperidine rings is 2. The van der Waals surface area contributed by atoms with Crippen LogP contribution < -0.4 is 0 Å². The van der Waals surface area contributed by atoms with Crippen molar-refractivity contribution < 1.29 is 13.2 Å². The van der Waals surface area contributed by atoms with Crippen LogP contribution >= 0.6 is 0 Å². The number of sulfonamides is 1. The molecule has 30 heavy (non-hydrogen) atoms. The van der Waals surface area contributed by atoms with E-state index in [-0.39, 0.29) is 5.91 Å². The highest BCUT2D eigenvalue weighted by Gasteiger charge is 2.26. The Morgan fingerprint density at radius 2 is 1.53 bits per heavy atom. The van der Waals surface area contributed by atoms with Crippen molar-refractivity contribution >= 4 is 15.9 Å². The molecule has 3 heterocycles. The number of carbonyl (C=O) groups is 1. The van der Waals surface area contributed by atoms with Gasteiger partial charge >= 0.3 is 0 Å². The van der Waals surface area contributed by atoms with E-state index in [0.717, 1.165) is 50.8 Å². The minimum absolute atomic E-state index is 0.186. The van der Waals surface area contributed by atoms with Crippen molar-refractivity contribution in [1.82, 2.24) is 13.8 Å². The summed E-state index contributed by atoms with van der Waals surface area (Å²) in [7, 11) is -3.39.